The maximum Gasteiger partial charge on any atom is 0.252 e. The molecule has 0 aromatic rings. The summed E-state index contributed by atoms with van der Waals surface area (Å²) >= 11 is 1.37. The number of rotatable bonds is 2. The molecule has 5 nitrogen and oxygen atoms in total. The molecule has 3 amide bonds. The van der Waals surface area contributed by atoms with E-state index < -0.39 is 17.4 Å². The van der Waals surface area contributed by atoms with Crippen molar-refractivity contribution in [1.29, 1.82) is 0 Å². The summed E-state index contributed by atoms with van der Waals surface area (Å²) in [6.45, 7) is 3.22. The summed E-state index contributed by atoms with van der Waals surface area (Å²) in [4.78, 5) is 35.7. The minimum Gasteiger partial charge on any atom is -0.318 e. The van der Waals surface area contributed by atoms with Crippen LogP contribution in [0.1, 0.15) is 13.8 Å². The lowest BCUT2D eigenvalue weighted by Gasteiger charge is -2.40. The fourth-order valence-corrected chi connectivity index (χ4v) is 1.79. The Morgan fingerprint density at radius 1 is 1.53 bits per heavy atom. The quantitative estimate of drug-likeness (QED) is 0.656. The smallest absolute Gasteiger partial charge is 0.252 e. The van der Waals surface area contributed by atoms with E-state index in [1.165, 1.54) is 16.7 Å². The number of hydrogen-bond acceptors (Lipinski definition) is 4. The van der Waals surface area contributed by atoms with Gasteiger partial charge in [-0.1, -0.05) is 0 Å². The van der Waals surface area contributed by atoms with Crippen molar-refractivity contribution in [2.75, 3.05) is 18.6 Å². The first-order valence-electron chi connectivity index (χ1n) is 4.53. The van der Waals surface area contributed by atoms with Crippen LogP contribution in [0.5, 0.6) is 0 Å². The monoisotopic (exact) mass is 230 g/mol. The second-order valence-electron chi connectivity index (χ2n) is 3.85. The Morgan fingerprint density at radius 2 is 2.13 bits per heavy atom. The van der Waals surface area contributed by atoms with Crippen LogP contribution in [0.4, 0.5) is 0 Å². The molecule has 0 radical (unpaired) electrons. The third-order valence-corrected chi connectivity index (χ3v) is 2.89. The molecule has 1 fully saturated rings. The molecule has 0 unspecified atom stereocenters. The highest BCUT2D eigenvalue weighted by Gasteiger charge is 2.43. The number of carbonyl (C=O) groups is 3. The molecule has 6 heteroatoms. The van der Waals surface area contributed by atoms with Crippen LogP contribution in [0, 0.1) is 0 Å². The van der Waals surface area contributed by atoms with Crippen LogP contribution >= 0.6 is 11.8 Å². The maximum absolute atomic E-state index is 11.7. The predicted octanol–water partition coefficient (Wildman–Crippen LogP) is -0.387. The Balaban J connectivity index is 2.88. The van der Waals surface area contributed by atoms with E-state index in [-0.39, 0.29) is 18.2 Å². The summed E-state index contributed by atoms with van der Waals surface area (Å²) < 4.78 is 0. The van der Waals surface area contributed by atoms with E-state index in [4.69, 9.17) is 0 Å². The average Bonchev–Trinajstić information content (AvgIpc) is 2.12. The third kappa shape index (κ3) is 2.31. The molecule has 0 spiro atoms. The largest absolute Gasteiger partial charge is 0.318 e. The molecular weight excluding hydrogens is 216 g/mol. The van der Waals surface area contributed by atoms with Crippen LogP contribution in [0.25, 0.3) is 0 Å². The molecule has 0 saturated carbocycles. The number of hydrogen-bond donors (Lipinski definition) is 1. The van der Waals surface area contributed by atoms with Gasteiger partial charge in [0.2, 0.25) is 11.8 Å². The topological polar surface area (TPSA) is 66.5 Å². The number of piperazine rings is 1. The van der Waals surface area contributed by atoms with Crippen LogP contribution in [-0.2, 0) is 14.4 Å². The second kappa shape index (κ2) is 4.22. The zero-order valence-electron chi connectivity index (χ0n) is 8.99. The van der Waals surface area contributed by atoms with Gasteiger partial charge in [-0.25, -0.2) is 0 Å². The molecule has 1 saturated heterocycles. The van der Waals surface area contributed by atoms with E-state index in [2.05, 4.69) is 5.32 Å². The Labute approximate surface area is 92.6 Å². The minimum absolute atomic E-state index is 0.0435. The highest BCUT2D eigenvalue weighted by molar-refractivity contribution is 7.99. The lowest BCUT2D eigenvalue weighted by Crippen LogP contribution is -2.65. The van der Waals surface area contributed by atoms with Gasteiger partial charge in [0.1, 0.15) is 12.1 Å². The molecule has 84 valence electrons. The standard InChI is InChI=1S/C9H14N2O3S/c1-9(2)8(14)10-6(12)4-11(9)7(13)5-15-3/h4-5H2,1-3H3,(H,10,12,14). The zero-order valence-corrected chi connectivity index (χ0v) is 9.81. The van der Waals surface area contributed by atoms with Crippen molar-refractivity contribution in [2.24, 2.45) is 0 Å². The van der Waals surface area contributed by atoms with Crippen molar-refractivity contribution < 1.29 is 14.4 Å². The molecule has 0 aromatic heterocycles. The summed E-state index contributed by atoms with van der Waals surface area (Å²) in [5, 5.41) is 2.22. The van der Waals surface area contributed by atoms with Gasteiger partial charge in [0.15, 0.2) is 0 Å². The number of nitrogens with one attached hydrogen (secondary N) is 1. The van der Waals surface area contributed by atoms with Crippen LogP contribution in [0.2, 0.25) is 0 Å². The van der Waals surface area contributed by atoms with Gasteiger partial charge < -0.3 is 4.90 Å². The van der Waals surface area contributed by atoms with Crippen LogP contribution in [0.15, 0.2) is 0 Å². The lowest BCUT2D eigenvalue weighted by atomic mass is 9.99. The number of thioether (sulfide) groups is 1. The number of amides is 3. The first-order chi connectivity index (χ1) is 6.89. The molecule has 0 aliphatic carbocycles. The van der Waals surface area contributed by atoms with E-state index in [9.17, 15) is 14.4 Å². The van der Waals surface area contributed by atoms with Gasteiger partial charge in [-0.05, 0) is 20.1 Å². The van der Waals surface area contributed by atoms with Crippen molar-refractivity contribution in [1.82, 2.24) is 10.2 Å². The first-order valence-corrected chi connectivity index (χ1v) is 5.92. The third-order valence-electron chi connectivity index (χ3n) is 2.35. The highest BCUT2D eigenvalue weighted by Crippen LogP contribution is 2.19. The van der Waals surface area contributed by atoms with Gasteiger partial charge in [0.25, 0.3) is 5.91 Å². The van der Waals surface area contributed by atoms with Crippen LogP contribution in [0.3, 0.4) is 0 Å². The van der Waals surface area contributed by atoms with Crippen molar-refractivity contribution in [3.63, 3.8) is 0 Å². The van der Waals surface area contributed by atoms with E-state index in [0.717, 1.165) is 0 Å². The van der Waals surface area contributed by atoms with Gasteiger partial charge in [0, 0.05) is 0 Å². The number of imide groups is 1. The molecular formula is C9H14N2O3S. The molecule has 0 atom stereocenters. The molecule has 0 aromatic carbocycles. The zero-order chi connectivity index (χ0) is 11.6. The van der Waals surface area contributed by atoms with E-state index >= 15 is 0 Å². The fourth-order valence-electron chi connectivity index (χ4n) is 1.38. The highest BCUT2D eigenvalue weighted by atomic mass is 32.2. The molecule has 1 aliphatic rings. The Kier molecular flexibility index (Phi) is 3.38. The van der Waals surface area contributed by atoms with Gasteiger partial charge in [-0.15, -0.1) is 0 Å². The SMILES string of the molecule is CSCC(=O)N1CC(=O)NC(=O)C1(C)C. The average molecular weight is 230 g/mol. The normalized spacial score (nSPS) is 20.1. The number of carbonyl (C=O) groups excluding carboxylic acids is 3. The second-order valence-corrected chi connectivity index (χ2v) is 4.72. The van der Waals surface area contributed by atoms with Gasteiger partial charge in [0.05, 0.1) is 5.75 Å². The van der Waals surface area contributed by atoms with E-state index in [1.807, 2.05) is 0 Å². The van der Waals surface area contributed by atoms with Crippen molar-refractivity contribution >= 4 is 29.5 Å². The van der Waals surface area contributed by atoms with Gasteiger partial charge >= 0.3 is 0 Å². The fraction of sp³-hybridized carbons (Fsp3) is 0.667. The van der Waals surface area contributed by atoms with Gasteiger partial charge in [-0.2, -0.15) is 11.8 Å². The first kappa shape index (κ1) is 12.0. The summed E-state index contributed by atoms with van der Waals surface area (Å²) in [7, 11) is 0. The lowest BCUT2D eigenvalue weighted by molar-refractivity contribution is -0.154. The number of nitrogens with zero attached hydrogens (tertiary/aromatic N) is 1. The summed E-state index contributed by atoms with van der Waals surface area (Å²) in [6.07, 6.45) is 1.80. The Hall–Kier alpha value is -1.04. The van der Waals surface area contributed by atoms with Crippen molar-refractivity contribution in [3.05, 3.63) is 0 Å². The molecule has 1 N–H and O–H groups in total. The van der Waals surface area contributed by atoms with Crippen molar-refractivity contribution in [2.45, 2.75) is 19.4 Å². The van der Waals surface area contributed by atoms with E-state index in [1.54, 1.807) is 20.1 Å². The predicted molar refractivity (Wildman–Crippen MR) is 57.3 cm³/mol. The maximum atomic E-state index is 11.7. The summed E-state index contributed by atoms with van der Waals surface area (Å²) in [6, 6.07) is 0. The Morgan fingerprint density at radius 3 is 2.67 bits per heavy atom. The molecule has 1 heterocycles. The van der Waals surface area contributed by atoms with Crippen molar-refractivity contribution in [3.8, 4) is 0 Å². The molecule has 0 bridgehead atoms. The van der Waals surface area contributed by atoms with Crippen LogP contribution < -0.4 is 5.32 Å². The van der Waals surface area contributed by atoms with Crippen LogP contribution in [-0.4, -0.2) is 46.7 Å². The summed E-state index contributed by atoms with van der Waals surface area (Å²) in [5.74, 6) is -0.748. The molecule has 1 rings (SSSR count). The molecule has 15 heavy (non-hydrogen) atoms. The van der Waals surface area contributed by atoms with Gasteiger partial charge in [-0.3, -0.25) is 19.7 Å². The summed E-state index contributed by atoms with van der Waals surface area (Å²) in [5.41, 5.74) is -0.944. The minimum atomic E-state index is -0.944. The molecule has 1 aliphatic heterocycles. The Bertz CT molecular complexity index is 314. The van der Waals surface area contributed by atoms with E-state index in [0.29, 0.717) is 0 Å².